The van der Waals surface area contributed by atoms with Crippen molar-refractivity contribution in [3.05, 3.63) is 22.4 Å². The fraction of sp³-hybridized carbons (Fsp3) is 0.611. The zero-order chi connectivity index (χ0) is 18.6. The first-order chi connectivity index (χ1) is 12.5. The maximum Gasteiger partial charge on any atom is 0.322 e. The van der Waals surface area contributed by atoms with Gasteiger partial charge in [-0.15, -0.1) is 24.0 Å². The maximum atomic E-state index is 12.1. The topological polar surface area (TPSA) is 85.8 Å². The van der Waals surface area contributed by atoms with Crippen LogP contribution in [0.25, 0.3) is 0 Å². The molecular weight excluding hydrogens is 477 g/mol. The number of urea groups is 1. The number of piperidine rings is 1. The summed E-state index contributed by atoms with van der Waals surface area (Å²) < 4.78 is 0. The van der Waals surface area contributed by atoms with Crippen molar-refractivity contribution in [3.8, 4) is 0 Å². The van der Waals surface area contributed by atoms with Crippen molar-refractivity contribution in [1.29, 1.82) is 0 Å². The molecule has 1 aromatic rings. The van der Waals surface area contributed by atoms with Crippen LogP contribution in [-0.4, -0.2) is 54.5 Å². The Morgan fingerprint density at radius 1 is 1.41 bits per heavy atom. The van der Waals surface area contributed by atoms with Gasteiger partial charge in [-0.1, -0.05) is 0 Å². The Morgan fingerprint density at radius 3 is 2.70 bits per heavy atom. The van der Waals surface area contributed by atoms with Crippen LogP contribution in [0.2, 0.25) is 0 Å². The number of rotatable bonds is 5. The monoisotopic (exact) mass is 505 g/mol. The quantitative estimate of drug-likeness (QED) is 0.248. The normalized spacial score (nSPS) is 23.6. The van der Waals surface area contributed by atoms with Crippen molar-refractivity contribution in [2.24, 2.45) is 10.9 Å². The molecule has 0 spiro atoms. The molecule has 2 fully saturated rings. The highest BCUT2D eigenvalue weighted by Gasteiger charge is 2.48. The number of likely N-dealkylation sites (tertiary alicyclic amines) is 1. The Bertz CT molecular complexity index is 673. The van der Waals surface area contributed by atoms with E-state index in [2.05, 4.69) is 44.6 Å². The van der Waals surface area contributed by atoms with Gasteiger partial charge in [-0.05, 0) is 61.4 Å². The molecular formula is C18H28IN5O2S. The van der Waals surface area contributed by atoms with Crippen molar-refractivity contribution in [1.82, 2.24) is 20.9 Å². The number of nitrogens with zero attached hydrogens (tertiary/aromatic N) is 2. The molecule has 0 aromatic carbocycles. The summed E-state index contributed by atoms with van der Waals surface area (Å²) in [5, 5.41) is 12.8. The minimum Gasteiger partial charge on any atom is -0.357 e. The molecule has 2 aliphatic heterocycles. The van der Waals surface area contributed by atoms with E-state index in [1.54, 1.807) is 11.3 Å². The molecule has 150 valence electrons. The molecule has 0 radical (unpaired) electrons. The Morgan fingerprint density at radius 2 is 2.15 bits per heavy atom. The molecule has 3 amide bonds. The molecule has 1 unspecified atom stereocenters. The van der Waals surface area contributed by atoms with E-state index in [1.807, 2.05) is 6.92 Å². The van der Waals surface area contributed by atoms with E-state index in [1.165, 1.54) is 5.56 Å². The van der Waals surface area contributed by atoms with Crippen LogP contribution in [-0.2, 0) is 11.2 Å². The Kier molecular flexibility index (Phi) is 7.90. The Hall–Kier alpha value is -1.36. The molecule has 1 aromatic heterocycles. The van der Waals surface area contributed by atoms with E-state index in [0.717, 1.165) is 51.4 Å². The van der Waals surface area contributed by atoms with Crippen LogP contribution in [0.1, 0.15) is 32.3 Å². The first-order valence-electron chi connectivity index (χ1n) is 9.21. The summed E-state index contributed by atoms with van der Waals surface area (Å²) in [6, 6.07) is 1.75. The van der Waals surface area contributed by atoms with Crippen LogP contribution in [0, 0.1) is 5.92 Å². The van der Waals surface area contributed by atoms with Gasteiger partial charge in [0.05, 0.1) is 0 Å². The summed E-state index contributed by atoms with van der Waals surface area (Å²) in [5.74, 6) is 0.863. The predicted octanol–water partition coefficient (Wildman–Crippen LogP) is 2.18. The van der Waals surface area contributed by atoms with Crippen LogP contribution < -0.4 is 16.0 Å². The molecule has 3 rings (SSSR count). The van der Waals surface area contributed by atoms with Crippen LogP contribution in [0.3, 0.4) is 0 Å². The summed E-state index contributed by atoms with van der Waals surface area (Å²) in [6.45, 7) is 7.14. The Labute approximate surface area is 181 Å². The van der Waals surface area contributed by atoms with Gasteiger partial charge in [0.2, 0.25) is 0 Å². The minimum atomic E-state index is -0.794. The second kappa shape index (κ2) is 9.72. The lowest BCUT2D eigenvalue weighted by atomic mass is 9.79. The van der Waals surface area contributed by atoms with E-state index in [-0.39, 0.29) is 41.8 Å². The van der Waals surface area contributed by atoms with Crippen LogP contribution in [0.4, 0.5) is 4.79 Å². The first kappa shape index (κ1) is 21.9. The zero-order valence-electron chi connectivity index (χ0n) is 15.8. The predicted molar refractivity (Wildman–Crippen MR) is 119 cm³/mol. The smallest absolute Gasteiger partial charge is 0.322 e. The van der Waals surface area contributed by atoms with Gasteiger partial charge in [-0.25, -0.2) is 4.79 Å². The van der Waals surface area contributed by atoms with E-state index in [0.29, 0.717) is 0 Å². The van der Waals surface area contributed by atoms with Gasteiger partial charge in [0.25, 0.3) is 5.91 Å². The number of carbonyl (C=O) groups is 2. The molecule has 3 N–H and O–H groups in total. The van der Waals surface area contributed by atoms with Gasteiger partial charge in [0.15, 0.2) is 5.96 Å². The third kappa shape index (κ3) is 5.13. The number of hydrogen-bond donors (Lipinski definition) is 3. The Balaban J connectivity index is 0.00000261. The summed E-state index contributed by atoms with van der Waals surface area (Å²) in [7, 11) is 0. The van der Waals surface area contributed by atoms with Gasteiger partial charge >= 0.3 is 6.03 Å². The molecule has 2 aliphatic rings. The lowest BCUT2D eigenvalue weighted by Crippen LogP contribution is -2.55. The molecule has 27 heavy (non-hydrogen) atoms. The lowest BCUT2D eigenvalue weighted by molar-refractivity contribution is -0.125. The average molecular weight is 505 g/mol. The number of imide groups is 1. The highest BCUT2D eigenvalue weighted by Crippen LogP contribution is 2.30. The summed E-state index contributed by atoms with van der Waals surface area (Å²) in [5.41, 5.74) is 0.529. The second-order valence-electron chi connectivity index (χ2n) is 6.99. The molecule has 2 saturated heterocycles. The van der Waals surface area contributed by atoms with E-state index in [9.17, 15) is 9.59 Å². The summed E-state index contributed by atoms with van der Waals surface area (Å²) in [6.07, 6.45) is 2.64. The number of amides is 3. The molecule has 3 heterocycles. The number of thiophene rings is 1. The average Bonchev–Trinajstić information content (AvgIpc) is 3.23. The van der Waals surface area contributed by atoms with Crippen LogP contribution in [0.15, 0.2) is 21.8 Å². The molecule has 7 nitrogen and oxygen atoms in total. The molecule has 0 bridgehead atoms. The summed E-state index contributed by atoms with van der Waals surface area (Å²) >= 11 is 1.71. The molecule has 1 atom stereocenters. The SMILES string of the molecule is CCNC(=NCCc1ccsc1)N1CCC(C2(C)NC(=O)NC2=O)CC1.I. The third-order valence-corrected chi connectivity index (χ3v) is 5.99. The van der Waals surface area contributed by atoms with Crippen molar-refractivity contribution >= 4 is 53.2 Å². The van der Waals surface area contributed by atoms with Gasteiger partial charge < -0.3 is 15.5 Å². The number of nitrogens with one attached hydrogen (secondary N) is 3. The van der Waals surface area contributed by atoms with Crippen molar-refractivity contribution in [2.45, 2.75) is 38.6 Å². The van der Waals surface area contributed by atoms with Gasteiger partial charge in [-0.2, -0.15) is 11.3 Å². The van der Waals surface area contributed by atoms with Crippen LogP contribution >= 0.6 is 35.3 Å². The van der Waals surface area contributed by atoms with Crippen molar-refractivity contribution in [3.63, 3.8) is 0 Å². The minimum absolute atomic E-state index is 0. The number of aliphatic imine (C=N–C) groups is 1. The first-order valence-corrected chi connectivity index (χ1v) is 10.1. The molecule has 0 aliphatic carbocycles. The van der Waals surface area contributed by atoms with E-state index in [4.69, 9.17) is 4.99 Å². The van der Waals surface area contributed by atoms with Crippen LogP contribution in [0.5, 0.6) is 0 Å². The maximum absolute atomic E-state index is 12.1. The third-order valence-electron chi connectivity index (χ3n) is 5.26. The largest absolute Gasteiger partial charge is 0.357 e. The molecule has 9 heteroatoms. The van der Waals surface area contributed by atoms with Gasteiger partial charge in [0, 0.05) is 26.2 Å². The lowest BCUT2D eigenvalue weighted by Gasteiger charge is -2.39. The van der Waals surface area contributed by atoms with E-state index >= 15 is 0 Å². The standard InChI is InChI=1S/C18H27N5O2S.HI/c1-3-19-16(20-8-4-13-7-11-26-12-13)23-9-5-14(6-10-23)18(2)15(24)21-17(25)22-18;/h7,11-12,14H,3-6,8-10H2,1-2H3,(H,19,20)(H2,21,22,24,25);1H. The zero-order valence-corrected chi connectivity index (χ0v) is 18.9. The highest BCUT2D eigenvalue weighted by atomic mass is 127. The number of hydrogen-bond acceptors (Lipinski definition) is 4. The number of carbonyl (C=O) groups excluding carboxylic acids is 2. The van der Waals surface area contributed by atoms with E-state index < -0.39 is 5.54 Å². The fourth-order valence-corrected chi connectivity index (χ4v) is 4.37. The second-order valence-corrected chi connectivity index (χ2v) is 7.77. The van der Waals surface area contributed by atoms with Gasteiger partial charge in [-0.3, -0.25) is 15.1 Å². The highest BCUT2D eigenvalue weighted by molar-refractivity contribution is 14.0. The number of halogens is 1. The fourth-order valence-electron chi connectivity index (χ4n) is 3.66. The van der Waals surface area contributed by atoms with Crippen molar-refractivity contribution in [2.75, 3.05) is 26.2 Å². The molecule has 0 saturated carbocycles. The number of guanidine groups is 1. The summed E-state index contributed by atoms with van der Waals surface area (Å²) in [4.78, 5) is 30.7. The van der Waals surface area contributed by atoms with Gasteiger partial charge in [0.1, 0.15) is 5.54 Å². The van der Waals surface area contributed by atoms with Crippen molar-refractivity contribution < 1.29 is 9.59 Å².